The molecule has 224 valence electrons. The van der Waals surface area contributed by atoms with Crippen LogP contribution in [0.3, 0.4) is 0 Å². The molecule has 2 nitrogen and oxygen atoms in total. The summed E-state index contributed by atoms with van der Waals surface area (Å²) in [6.07, 6.45) is 17.3. The van der Waals surface area contributed by atoms with Crippen molar-refractivity contribution < 1.29 is 19.2 Å². The fourth-order valence-corrected chi connectivity index (χ4v) is 5.08. The Hall–Kier alpha value is -2.17. The van der Waals surface area contributed by atoms with Gasteiger partial charge >= 0.3 is 32.1 Å². The molecular formula is C37H56N2Ni. The Kier molecular flexibility index (Phi) is 21.1. The first-order chi connectivity index (χ1) is 19.6. The average molecular weight is 588 g/mol. The molecule has 0 bridgehead atoms. The fourth-order valence-electron chi connectivity index (χ4n) is 5.08. The molecule has 0 aliphatic rings. The first-order valence-electron chi connectivity index (χ1n) is 15.7. The summed E-state index contributed by atoms with van der Waals surface area (Å²) >= 11 is 1.62. The molecule has 0 N–H and O–H groups in total. The molecule has 2 aromatic rings. The summed E-state index contributed by atoms with van der Waals surface area (Å²) in [4.78, 5) is 3.41. The number of hydrogen-bond acceptors (Lipinski definition) is 0. The van der Waals surface area contributed by atoms with Crippen LogP contribution in [-0.2, 0) is 27.3 Å². The van der Waals surface area contributed by atoms with Crippen LogP contribution in [0.25, 0.3) is 11.1 Å². The zero-order chi connectivity index (χ0) is 29.4. The van der Waals surface area contributed by atoms with Crippen LogP contribution >= 0.6 is 0 Å². The monoisotopic (exact) mass is 586 g/mol. The second kappa shape index (κ2) is 23.5. The van der Waals surface area contributed by atoms with Crippen LogP contribution in [0, 0.1) is 0 Å². The molecule has 0 aliphatic heterocycles. The van der Waals surface area contributed by atoms with Gasteiger partial charge in [-0.05, 0) is 84.8 Å². The molecule has 2 aromatic carbocycles. The third kappa shape index (κ3) is 13.9. The van der Waals surface area contributed by atoms with E-state index >= 15 is 0 Å². The SMILES string of the molecule is CCCCCCc1cccc(C(=C(CCCC)C(=C=[N+]=[N-])CCCC)c2cccc(CCCCC)c2)c1.[CH3][Ni][CH3]. The number of rotatable bonds is 18. The molecule has 0 atom stereocenters. The molecule has 0 saturated carbocycles. The Labute approximate surface area is 253 Å². The number of benzene rings is 2. The standard InChI is InChI=1S/C35H50N2.2CH3.Ni/c1-5-9-13-15-19-30-21-17-24-32(27-30)35(31-23-16-20-29(26-31)18-14-10-6-2)34(25-12-8-4)33(28-37-36)22-11-7-3;;;/h16-17,20-21,23-24,26-27H,5-15,18-19,22,25H2,1-4H3;2*1H3;. The summed E-state index contributed by atoms with van der Waals surface area (Å²) in [5.41, 5.74) is 18.6. The number of unbranched alkanes of at least 4 members (excludes halogenated alkanes) is 7. The molecule has 0 radical (unpaired) electrons. The molecule has 0 fully saturated rings. The molecule has 0 spiro atoms. The quantitative estimate of drug-likeness (QED) is 0.0415. The Bertz CT molecular complexity index is 1070. The minimum atomic E-state index is 0.885. The van der Waals surface area contributed by atoms with E-state index in [4.69, 9.17) is 0 Å². The second-order valence-corrected chi connectivity index (χ2v) is 11.7. The summed E-state index contributed by atoms with van der Waals surface area (Å²) in [6.45, 7) is 8.99. The molecule has 0 saturated heterocycles. The van der Waals surface area contributed by atoms with Crippen molar-refractivity contribution in [1.82, 2.24) is 0 Å². The van der Waals surface area contributed by atoms with Crippen LogP contribution in [0.1, 0.15) is 133 Å². The average Bonchev–Trinajstić information content (AvgIpc) is 2.96. The van der Waals surface area contributed by atoms with E-state index in [1.54, 1.807) is 14.4 Å². The van der Waals surface area contributed by atoms with Crippen LogP contribution in [0.2, 0.25) is 11.8 Å². The number of hydrogen-bond donors (Lipinski definition) is 0. The Balaban J connectivity index is 0.00000254. The van der Waals surface area contributed by atoms with Gasteiger partial charge in [0.05, 0.1) is 5.57 Å². The van der Waals surface area contributed by atoms with Crippen molar-refractivity contribution in [2.45, 2.75) is 136 Å². The maximum atomic E-state index is 9.55. The number of allylic oxidation sites excluding steroid dienone is 2. The van der Waals surface area contributed by atoms with Crippen molar-refractivity contribution in [2.75, 3.05) is 0 Å². The van der Waals surface area contributed by atoms with Gasteiger partial charge < -0.3 is 5.53 Å². The van der Waals surface area contributed by atoms with Gasteiger partial charge in [0.15, 0.2) is 0 Å². The second-order valence-electron chi connectivity index (χ2n) is 10.7. The van der Waals surface area contributed by atoms with Crippen LogP contribution in [0.4, 0.5) is 0 Å². The molecular weight excluding hydrogens is 531 g/mol. The summed E-state index contributed by atoms with van der Waals surface area (Å²) < 4.78 is 0. The van der Waals surface area contributed by atoms with E-state index in [1.165, 1.54) is 78.3 Å². The molecule has 0 unspecified atom stereocenters. The van der Waals surface area contributed by atoms with Gasteiger partial charge in [-0.15, -0.1) is 4.79 Å². The molecule has 0 aliphatic carbocycles. The first kappa shape index (κ1) is 35.9. The Morgan fingerprint density at radius 3 is 1.65 bits per heavy atom. The van der Waals surface area contributed by atoms with Crippen molar-refractivity contribution in [1.29, 1.82) is 0 Å². The fraction of sp³-hybridized carbons (Fsp3) is 0.568. The third-order valence-corrected chi connectivity index (χ3v) is 7.23. The molecule has 3 heteroatoms. The van der Waals surface area contributed by atoms with Gasteiger partial charge in [0.25, 0.3) is 0 Å². The molecule has 0 heterocycles. The van der Waals surface area contributed by atoms with Crippen molar-refractivity contribution in [2.24, 2.45) is 0 Å². The molecule has 0 aromatic heterocycles. The van der Waals surface area contributed by atoms with E-state index in [-0.39, 0.29) is 0 Å². The maximum absolute atomic E-state index is 9.55. The first-order valence-corrected chi connectivity index (χ1v) is 17.7. The summed E-state index contributed by atoms with van der Waals surface area (Å²) in [6, 6.07) is 18.3. The predicted molar refractivity (Wildman–Crippen MR) is 173 cm³/mol. The van der Waals surface area contributed by atoms with Crippen molar-refractivity contribution in [3.8, 4) is 0 Å². The van der Waals surface area contributed by atoms with E-state index < -0.39 is 0 Å². The molecule has 0 amide bonds. The van der Waals surface area contributed by atoms with E-state index in [1.807, 2.05) is 0 Å². The summed E-state index contributed by atoms with van der Waals surface area (Å²) in [5, 5.41) is 0. The van der Waals surface area contributed by atoms with Crippen molar-refractivity contribution in [3.63, 3.8) is 0 Å². The van der Waals surface area contributed by atoms with Gasteiger partial charge in [0, 0.05) is 0 Å². The van der Waals surface area contributed by atoms with Crippen molar-refractivity contribution >= 4 is 11.4 Å². The van der Waals surface area contributed by atoms with Gasteiger partial charge in [-0.1, -0.05) is 121 Å². The number of aryl methyl sites for hydroxylation is 2. The predicted octanol–water partition coefficient (Wildman–Crippen LogP) is 11.7. The summed E-state index contributed by atoms with van der Waals surface area (Å²) in [7, 11) is 0. The van der Waals surface area contributed by atoms with Gasteiger partial charge in [-0.25, -0.2) is 0 Å². The van der Waals surface area contributed by atoms with E-state index in [0.29, 0.717) is 0 Å². The minimum absolute atomic E-state index is 0.885. The normalized spacial score (nSPS) is 11.2. The van der Waals surface area contributed by atoms with Crippen LogP contribution in [0.5, 0.6) is 0 Å². The Morgan fingerprint density at radius 2 is 1.15 bits per heavy atom. The van der Waals surface area contributed by atoms with E-state index in [2.05, 4.69) is 98.7 Å². The zero-order valence-electron chi connectivity index (χ0n) is 26.4. The van der Waals surface area contributed by atoms with Gasteiger partial charge in [0.1, 0.15) is 0 Å². The topological polar surface area (TPSA) is 36.4 Å². The van der Waals surface area contributed by atoms with Gasteiger partial charge in [-0.3, -0.25) is 0 Å². The van der Waals surface area contributed by atoms with Gasteiger partial charge in [0.2, 0.25) is 0 Å². The molecule has 2 rings (SSSR count). The van der Waals surface area contributed by atoms with E-state index in [0.717, 1.165) is 56.9 Å². The van der Waals surface area contributed by atoms with Crippen molar-refractivity contribution in [3.05, 3.63) is 87.5 Å². The van der Waals surface area contributed by atoms with Crippen LogP contribution < -0.4 is 0 Å². The third-order valence-electron chi connectivity index (χ3n) is 7.23. The van der Waals surface area contributed by atoms with Gasteiger partial charge in [-0.2, -0.15) is 0 Å². The number of nitrogens with zero attached hydrogens (tertiary/aromatic N) is 2. The van der Waals surface area contributed by atoms with E-state index in [9.17, 15) is 5.53 Å². The summed E-state index contributed by atoms with van der Waals surface area (Å²) in [5.74, 6) is 7.13. The molecule has 40 heavy (non-hydrogen) atoms. The van der Waals surface area contributed by atoms with Crippen LogP contribution in [-0.4, -0.2) is 10.7 Å². The zero-order valence-corrected chi connectivity index (χ0v) is 27.4. The van der Waals surface area contributed by atoms with Crippen LogP contribution in [0.15, 0.2) is 59.7 Å². The Morgan fingerprint density at radius 1 is 0.675 bits per heavy atom.